The second-order valence-electron chi connectivity index (χ2n) is 6.18. The van der Waals surface area contributed by atoms with Crippen molar-refractivity contribution in [1.29, 1.82) is 0 Å². The Bertz CT molecular complexity index is 497. The van der Waals surface area contributed by atoms with E-state index in [1.54, 1.807) is 0 Å². The number of fused-ring (bicyclic) bond motifs is 1. The van der Waals surface area contributed by atoms with Crippen LogP contribution in [0.1, 0.15) is 24.0 Å². The molecule has 2 aliphatic rings. The predicted molar refractivity (Wildman–Crippen MR) is 82.0 cm³/mol. The number of carbonyl (C=O) groups excluding carboxylic acids is 1. The van der Waals surface area contributed by atoms with Gasteiger partial charge in [-0.1, -0.05) is 24.3 Å². The highest BCUT2D eigenvalue weighted by Gasteiger charge is 2.27. The van der Waals surface area contributed by atoms with Crippen molar-refractivity contribution in [2.24, 2.45) is 5.92 Å². The molecule has 0 bridgehead atoms. The molecule has 0 unspecified atom stereocenters. The fourth-order valence-corrected chi connectivity index (χ4v) is 3.30. The summed E-state index contributed by atoms with van der Waals surface area (Å²) in [6.07, 6.45) is 2.93. The predicted octanol–water partition coefficient (Wildman–Crippen LogP) is 1.59. The van der Waals surface area contributed by atoms with Gasteiger partial charge < -0.3 is 15.0 Å². The molecule has 0 aliphatic carbocycles. The fourth-order valence-electron chi connectivity index (χ4n) is 3.30. The molecule has 4 heteroatoms. The van der Waals surface area contributed by atoms with Crippen LogP contribution < -0.4 is 5.32 Å². The number of hydrogen-bond donors (Lipinski definition) is 1. The van der Waals surface area contributed by atoms with Crippen LogP contribution in [-0.4, -0.2) is 43.7 Å². The van der Waals surface area contributed by atoms with Crippen LogP contribution in [0.25, 0.3) is 0 Å². The first-order chi connectivity index (χ1) is 10.2. The van der Waals surface area contributed by atoms with Gasteiger partial charge in [-0.3, -0.25) is 4.79 Å². The number of rotatable bonds is 3. The number of carbonyl (C=O) groups is 1. The summed E-state index contributed by atoms with van der Waals surface area (Å²) in [7, 11) is 1.93. The number of benzene rings is 1. The van der Waals surface area contributed by atoms with Crippen LogP contribution in [0.3, 0.4) is 0 Å². The van der Waals surface area contributed by atoms with Gasteiger partial charge in [0.25, 0.3) is 0 Å². The van der Waals surface area contributed by atoms with Crippen molar-refractivity contribution in [2.75, 3.05) is 26.8 Å². The van der Waals surface area contributed by atoms with Crippen molar-refractivity contribution >= 4 is 5.91 Å². The molecule has 0 radical (unpaired) electrons. The second kappa shape index (κ2) is 6.58. The maximum Gasteiger partial charge on any atom is 0.239 e. The molecule has 1 aromatic rings. The van der Waals surface area contributed by atoms with E-state index in [0.29, 0.717) is 5.92 Å². The molecule has 4 nitrogen and oxygen atoms in total. The van der Waals surface area contributed by atoms with E-state index in [0.717, 1.165) is 45.6 Å². The van der Waals surface area contributed by atoms with Crippen molar-refractivity contribution in [3.8, 4) is 0 Å². The third kappa shape index (κ3) is 3.44. The number of hydrogen-bond acceptors (Lipinski definition) is 3. The minimum absolute atomic E-state index is 0.0789. The summed E-state index contributed by atoms with van der Waals surface area (Å²) in [4.78, 5) is 14.5. The van der Waals surface area contributed by atoms with Gasteiger partial charge >= 0.3 is 0 Å². The number of ether oxygens (including phenoxy) is 1. The largest absolute Gasteiger partial charge is 0.381 e. The SMILES string of the molecule is CN(CC1CCOCC1)C(=O)[C@H]1Cc2ccccc2CN1. The number of nitrogens with zero attached hydrogens (tertiary/aromatic N) is 1. The molecule has 21 heavy (non-hydrogen) atoms. The van der Waals surface area contributed by atoms with Crippen molar-refractivity contribution in [3.05, 3.63) is 35.4 Å². The molecule has 2 heterocycles. The standard InChI is InChI=1S/C17H24N2O2/c1-19(12-13-6-8-21-9-7-13)17(20)16-10-14-4-2-3-5-15(14)11-18-16/h2-5,13,16,18H,6-12H2,1H3/t16-/m1/s1. The Morgan fingerprint density at radius 2 is 2.00 bits per heavy atom. The molecule has 0 aromatic heterocycles. The topological polar surface area (TPSA) is 41.6 Å². The molecule has 1 amide bonds. The number of amides is 1. The molecule has 1 aromatic carbocycles. The van der Waals surface area contributed by atoms with E-state index in [4.69, 9.17) is 4.74 Å². The molecule has 1 fully saturated rings. The first kappa shape index (κ1) is 14.5. The highest BCUT2D eigenvalue weighted by Crippen LogP contribution is 2.19. The van der Waals surface area contributed by atoms with Gasteiger partial charge in [0, 0.05) is 33.4 Å². The smallest absolute Gasteiger partial charge is 0.239 e. The van der Waals surface area contributed by atoms with Crippen LogP contribution in [0.2, 0.25) is 0 Å². The van der Waals surface area contributed by atoms with Crippen LogP contribution in [0.4, 0.5) is 0 Å². The summed E-state index contributed by atoms with van der Waals surface area (Å²) in [5, 5.41) is 3.38. The second-order valence-corrected chi connectivity index (χ2v) is 6.18. The monoisotopic (exact) mass is 288 g/mol. The molecule has 1 saturated heterocycles. The average Bonchev–Trinajstić information content (AvgIpc) is 2.54. The quantitative estimate of drug-likeness (QED) is 0.918. The van der Waals surface area contributed by atoms with E-state index in [2.05, 4.69) is 29.6 Å². The van der Waals surface area contributed by atoms with Crippen LogP contribution in [0, 0.1) is 5.92 Å². The van der Waals surface area contributed by atoms with E-state index < -0.39 is 0 Å². The van der Waals surface area contributed by atoms with Gasteiger partial charge in [-0.05, 0) is 36.3 Å². The van der Waals surface area contributed by atoms with E-state index in [1.165, 1.54) is 11.1 Å². The van der Waals surface area contributed by atoms with Crippen molar-refractivity contribution < 1.29 is 9.53 Å². The van der Waals surface area contributed by atoms with Gasteiger partial charge in [-0.15, -0.1) is 0 Å². The van der Waals surface area contributed by atoms with Crippen molar-refractivity contribution in [3.63, 3.8) is 0 Å². The van der Waals surface area contributed by atoms with Gasteiger partial charge in [0.15, 0.2) is 0 Å². The Morgan fingerprint density at radius 1 is 1.29 bits per heavy atom. The minimum atomic E-state index is -0.0789. The van der Waals surface area contributed by atoms with Crippen LogP contribution in [-0.2, 0) is 22.5 Å². The van der Waals surface area contributed by atoms with Crippen molar-refractivity contribution in [1.82, 2.24) is 10.2 Å². The third-order valence-electron chi connectivity index (χ3n) is 4.63. The zero-order valence-electron chi connectivity index (χ0n) is 12.7. The highest BCUT2D eigenvalue weighted by molar-refractivity contribution is 5.82. The zero-order valence-corrected chi connectivity index (χ0v) is 12.7. The lowest BCUT2D eigenvalue weighted by Crippen LogP contribution is -2.49. The van der Waals surface area contributed by atoms with Crippen LogP contribution in [0.15, 0.2) is 24.3 Å². The molecule has 0 spiro atoms. The van der Waals surface area contributed by atoms with Crippen LogP contribution in [0.5, 0.6) is 0 Å². The summed E-state index contributed by atoms with van der Waals surface area (Å²) in [5.74, 6) is 0.805. The zero-order chi connectivity index (χ0) is 14.7. The Labute approximate surface area is 126 Å². The van der Waals surface area contributed by atoms with E-state index in [9.17, 15) is 4.79 Å². The summed E-state index contributed by atoms with van der Waals surface area (Å²) >= 11 is 0. The van der Waals surface area contributed by atoms with Crippen LogP contribution >= 0.6 is 0 Å². The molecule has 0 saturated carbocycles. The average molecular weight is 288 g/mol. The Morgan fingerprint density at radius 3 is 2.76 bits per heavy atom. The van der Waals surface area contributed by atoms with Gasteiger partial charge in [-0.2, -0.15) is 0 Å². The Kier molecular flexibility index (Phi) is 4.56. The van der Waals surface area contributed by atoms with Gasteiger partial charge in [0.1, 0.15) is 0 Å². The van der Waals surface area contributed by atoms with Gasteiger partial charge in [0.2, 0.25) is 5.91 Å². The lowest BCUT2D eigenvalue weighted by atomic mass is 9.94. The maximum atomic E-state index is 12.6. The van der Waals surface area contributed by atoms with E-state index in [1.807, 2.05) is 11.9 Å². The molecular formula is C17H24N2O2. The van der Waals surface area contributed by atoms with E-state index in [-0.39, 0.29) is 11.9 Å². The first-order valence-corrected chi connectivity index (χ1v) is 7.87. The highest BCUT2D eigenvalue weighted by atomic mass is 16.5. The molecule has 114 valence electrons. The summed E-state index contributed by atoms with van der Waals surface area (Å²) in [6, 6.07) is 8.30. The fraction of sp³-hybridized carbons (Fsp3) is 0.588. The third-order valence-corrected chi connectivity index (χ3v) is 4.63. The number of nitrogens with one attached hydrogen (secondary N) is 1. The van der Waals surface area contributed by atoms with Gasteiger partial charge in [-0.25, -0.2) is 0 Å². The lowest BCUT2D eigenvalue weighted by molar-refractivity contribution is -0.133. The normalized spacial score (nSPS) is 22.6. The number of likely N-dealkylation sites (N-methyl/N-ethyl adjacent to an activating group) is 1. The summed E-state index contributed by atoms with van der Waals surface area (Å²) in [6.45, 7) is 3.31. The summed E-state index contributed by atoms with van der Waals surface area (Å²) < 4.78 is 5.38. The maximum absolute atomic E-state index is 12.6. The lowest BCUT2D eigenvalue weighted by Gasteiger charge is -2.32. The first-order valence-electron chi connectivity index (χ1n) is 7.87. The minimum Gasteiger partial charge on any atom is -0.381 e. The Balaban J connectivity index is 1.58. The molecule has 3 rings (SSSR count). The molecule has 1 N–H and O–H groups in total. The van der Waals surface area contributed by atoms with Crippen molar-refractivity contribution in [2.45, 2.75) is 31.8 Å². The molecular weight excluding hydrogens is 264 g/mol. The van der Waals surface area contributed by atoms with Gasteiger partial charge in [0.05, 0.1) is 6.04 Å². The van der Waals surface area contributed by atoms with E-state index >= 15 is 0 Å². The molecule has 2 aliphatic heterocycles. The summed E-state index contributed by atoms with van der Waals surface area (Å²) in [5.41, 5.74) is 2.61. The molecule has 1 atom stereocenters. The Hall–Kier alpha value is -1.39.